The first kappa shape index (κ1) is 14.0. The number of hydrogen-bond acceptors (Lipinski definition) is 5. The van der Waals surface area contributed by atoms with Crippen molar-refractivity contribution in [3.8, 4) is 5.69 Å². The Morgan fingerprint density at radius 3 is 2.61 bits per heavy atom. The van der Waals surface area contributed by atoms with Crippen LogP contribution in [0.4, 0.5) is 0 Å². The van der Waals surface area contributed by atoms with Crippen LogP contribution in [0.2, 0.25) is 0 Å². The number of thiophene rings is 1. The van der Waals surface area contributed by atoms with Crippen molar-refractivity contribution in [2.24, 2.45) is 4.99 Å². The quantitative estimate of drug-likeness (QED) is 0.569. The molecular formula is C17H15N5S. The van der Waals surface area contributed by atoms with Gasteiger partial charge in [0.25, 0.3) is 0 Å². The van der Waals surface area contributed by atoms with Gasteiger partial charge in [-0.05, 0) is 26.0 Å². The highest BCUT2D eigenvalue weighted by Gasteiger charge is 2.11. The molecule has 4 aromatic rings. The zero-order valence-corrected chi connectivity index (χ0v) is 13.7. The molecule has 0 aliphatic carbocycles. The number of fused-ring (bicyclic) bond motifs is 3. The number of nitrogens with zero attached hydrogens (tertiary/aromatic N) is 5. The van der Waals surface area contributed by atoms with E-state index in [2.05, 4.69) is 33.3 Å². The largest absolute Gasteiger partial charge is 0.285 e. The highest BCUT2D eigenvalue weighted by molar-refractivity contribution is 7.25. The molecule has 0 N–H and O–H groups in total. The van der Waals surface area contributed by atoms with Crippen molar-refractivity contribution >= 4 is 31.9 Å². The van der Waals surface area contributed by atoms with E-state index in [0.717, 1.165) is 26.3 Å². The summed E-state index contributed by atoms with van der Waals surface area (Å²) >= 11 is 1.60. The Labute approximate surface area is 137 Å². The van der Waals surface area contributed by atoms with Crippen molar-refractivity contribution < 1.29 is 0 Å². The summed E-state index contributed by atoms with van der Waals surface area (Å²) in [6.45, 7) is 4.10. The number of benzene rings is 1. The molecule has 0 spiro atoms. The first-order valence-corrected chi connectivity index (χ1v) is 8.26. The molecule has 6 heteroatoms. The van der Waals surface area contributed by atoms with Gasteiger partial charge < -0.3 is 0 Å². The molecule has 0 aliphatic heterocycles. The van der Waals surface area contributed by atoms with Crippen LogP contribution in [0.15, 0.2) is 53.9 Å². The third-order valence-electron chi connectivity index (χ3n) is 3.41. The van der Waals surface area contributed by atoms with Crippen LogP contribution in [-0.2, 0) is 0 Å². The second-order valence-corrected chi connectivity index (χ2v) is 6.52. The van der Waals surface area contributed by atoms with Crippen molar-refractivity contribution in [3.05, 3.63) is 54.5 Å². The molecule has 23 heavy (non-hydrogen) atoms. The normalized spacial score (nSPS) is 12.6. The lowest BCUT2D eigenvalue weighted by molar-refractivity contribution is 0.746. The van der Waals surface area contributed by atoms with Crippen LogP contribution < -0.4 is 5.62 Å². The molecule has 0 saturated heterocycles. The summed E-state index contributed by atoms with van der Waals surface area (Å²) in [4.78, 5) is 19.2. The molecule has 3 heterocycles. The predicted molar refractivity (Wildman–Crippen MR) is 92.7 cm³/mol. The van der Waals surface area contributed by atoms with E-state index in [4.69, 9.17) is 4.98 Å². The van der Waals surface area contributed by atoms with Crippen molar-refractivity contribution in [2.45, 2.75) is 19.9 Å². The van der Waals surface area contributed by atoms with Crippen LogP contribution >= 0.6 is 11.3 Å². The predicted octanol–water partition coefficient (Wildman–Crippen LogP) is 3.34. The van der Waals surface area contributed by atoms with Gasteiger partial charge in [-0.2, -0.15) is 0 Å². The maximum absolute atomic E-state index is 4.78. The SMILES string of the molecule is CC(C)N=c1nc2c(cn1-c1ccccc1)sc1nccnc12. The molecular weight excluding hydrogens is 306 g/mol. The lowest BCUT2D eigenvalue weighted by Crippen LogP contribution is -2.24. The van der Waals surface area contributed by atoms with Gasteiger partial charge in [0.1, 0.15) is 15.9 Å². The number of para-hydroxylation sites is 1. The molecule has 5 nitrogen and oxygen atoms in total. The highest BCUT2D eigenvalue weighted by atomic mass is 32.1. The van der Waals surface area contributed by atoms with Crippen molar-refractivity contribution in [3.63, 3.8) is 0 Å². The van der Waals surface area contributed by atoms with E-state index in [9.17, 15) is 0 Å². The van der Waals surface area contributed by atoms with Gasteiger partial charge in [0.15, 0.2) is 0 Å². The molecule has 0 radical (unpaired) electrons. The molecule has 0 unspecified atom stereocenters. The Bertz CT molecular complexity index is 1050. The first-order valence-electron chi connectivity index (χ1n) is 7.44. The van der Waals surface area contributed by atoms with Crippen LogP contribution in [0.3, 0.4) is 0 Å². The lowest BCUT2D eigenvalue weighted by atomic mass is 10.3. The number of hydrogen-bond donors (Lipinski definition) is 0. The van der Waals surface area contributed by atoms with E-state index >= 15 is 0 Å². The van der Waals surface area contributed by atoms with Crippen LogP contribution in [0.1, 0.15) is 13.8 Å². The molecule has 0 aliphatic rings. The fourth-order valence-electron chi connectivity index (χ4n) is 2.46. The Balaban J connectivity index is 2.10. The van der Waals surface area contributed by atoms with Gasteiger partial charge in [-0.1, -0.05) is 18.2 Å². The number of rotatable bonds is 2. The molecule has 114 valence electrons. The summed E-state index contributed by atoms with van der Waals surface area (Å²) in [6.07, 6.45) is 5.49. The van der Waals surface area contributed by atoms with Gasteiger partial charge in [-0.15, -0.1) is 11.3 Å². The summed E-state index contributed by atoms with van der Waals surface area (Å²) < 4.78 is 3.08. The van der Waals surface area contributed by atoms with Gasteiger partial charge in [-0.25, -0.2) is 19.9 Å². The summed E-state index contributed by atoms with van der Waals surface area (Å²) in [5, 5.41) is 0. The summed E-state index contributed by atoms with van der Waals surface area (Å²) in [5.41, 5.74) is 3.43. The van der Waals surface area contributed by atoms with Crippen LogP contribution in [0.5, 0.6) is 0 Å². The van der Waals surface area contributed by atoms with Crippen LogP contribution in [0.25, 0.3) is 26.3 Å². The Hall–Kier alpha value is -2.60. The summed E-state index contributed by atoms with van der Waals surface area (Å²) in [6, 6.07) is 10.3. The van der Waals surface area contributed by atoms with Gasteiger partial charge in [-0.3, -0.25) is 4.57 Å². The van der Waals surface area contributed by atoms with Crippen molar-refractivity contribution in [1.82, 2.24) is 19.5 Å². The molecule has 0 fully saturated rings. The second-order valence-electron chi connectivity index (χ2n) is 5.49. The van der Waals surface area contributed by atoms with E-state index < -0.39 is 0 Å². The van der Waals surface area contributed by atoms with E-state index in [1.807, 2.05) is 36.6 Å². The third kappa shape index (κ3) is 2.51. The van der Waals surface area contributed by atoms with Gasteiger partial charge in [0.2, 0.25) is 5.62 Å². The Morgan fingerprint density at radius 1 is 1.04 bits per heavy atom. The summed E-state index contributed by atoms with van der Waals surface area (Å²) in [5.74, 6) is 0. The second kappa shape index (κ2) is 5.55. The molecule has 4 rings (SSSR count). The molecule has 0 atom stereocenters. The fourth-order valence-corrected chi connectivity index (χ4v) is 3.42. The minimum Gasteiger partial charge on any atom is -0.285 e. The minimum atomic E-state index is 0.158. The Kier molecular flexibility index (Phi) is 3.38. The molecule has 1 aromatic carbocycles. The van der Waals surface area contributed by atoms with Gasteiger partial charge in [0, 0.05) is 30.3 Å². The lowest BCUT2D eigenvalue weighted by Gasteiger charge is -2.08. The maximum atomic E-state index is 4.78. The average Bonchev–Trinajstić information content (AvgIpc) is 2.92. The van der Waals surface area contributed by atoms with E-state index in [0.29, 0.717) is 5.62 Å². The van der Waals surface area contributed by atoms with Crippen molar-refractivity contribution in [1.29, 1.82) is 0 Å². The molecule has 3 aromatic heterocycles. The zero-order chi connectivity index (χ0) is 15.8. The maximum Gasteiger partial charge on any atom is 0.230 e. The van der Waals surface area contributed by atoms with E-state index in [1.165, 1.54) is 0 Å². The zero-order valence-electron chi connectivity index (χ0n) is 12.8. The fraction of sp³-hybridized carbons (Fsp3) is 0.176. The van der Waals surface area contributed by atoms with E-state index in [1.54, 1.807) is 23.7 Å². The molecule has 0 bridgehead atoms. The number of aromatic nitrogens is 4. The average molecular weight is 321 g/mol. The van der Waals surface area contributed by atoms with Gasteiger partial charge in [0.05, 0.1) is 4.70 Å². The smallest absolute Gasteiger partial charge is 0.230 e. The summed E-state index contributed by atoms with van der Waals surface area (Å²) in [7, 11) is 0. The van der Waals surface area contributed by atoms with Gasteiger partial charge >= 0.3 is 0 Å². The Morgan fingerprint density at radius 2 is 1.83 bits per heavy atom. The third-order valence-corrected chi connectivity index (χ3v) is 4.42. The van der Waals surface area contributed by atoms with Crippen LogP contribution in [-0.4, -0.2) is 25.6 Å². The van der Waals surface area contributed by atoms with Crippen LogP contribution in [0, 0.1) is 0 Å². The molecule has 0 amide bonds. The first-order chi connectivity index (χ1) is 11.2. The minimum absolute atomic E-state index is 0.158. The topological polar surface area (TPSA) is 56.0 Å². The van der Waals surface area contributed by atoms with Crippen molar-refractivity contribution in [2.75, 3.05) is 0 Å². The monoisotopic (exact) mass is 321 g/mol. The highest BCUT2D eigenvalue weighted by Crippen LogP contribution is 2.28. The standard InChI is InChI=1S/C17H15N5S/c1-11(2)20-17-21-14-13(23-16-15(14)18-8-9-19-16)10-22(17)12-6-4-3-5-7-12/h3-11H,1-2H3. The van der Waals surface area contributed by atoms with E-state index in [-0.39, 0.29) is 6.04 Å². The molecule has 0 saturated carbocycles.